The lowest BCUT2D eigenvalue weighted by Gasteiger charge is -2.14. The van der Waals surface area contributed by atoms with E-state index in [1.54, 1.807) is 0 Å². The van der Waals surface area contributed by atoms with Gasteiger partial charge in [-0.1, -0.05) is 62.0 Å². The second kappa shape index (κ2) is 12.4. The number of halogens is 6. The molecule has 0 fully saturated rings. The van der Waals surface area contributed by atoms with E-state index in [1.165, 1.54) is 12.1 Å². The van der Waals surface area contributed by atoms with Crippen LogP contribution in [0.2, 0.25) is 5.02 Å². The van der Waals surface area contributed by atoms with Gasteiger partial charge in [-0.2, -0.15) is 26.4 Å². The second-order valence-electron chi connectivity index (χ2n) is 5.76. The van der Waals surface area contributed by atoms with Gasteiger partial charge >= 0.3 is 16.7 Å². The van der Waals surface area contributed by atoms with Gasteiger partial charge in [0.05, 0.1) is 11.3 Å². The molecule has 164 valence electrons. The molecular weight excluding hydrogens is 577 g/mol. The van der Waals surface area contributed by atoms with Crippen LogP contribution in [0.3, 0.4) is 0 Å². The summed E-state index contributed by atoms with van der Waals surface area (Å²) in [7, 11) is -2.61. The molecule has 2 rings (SSSR count). The summed E-state index contributed by atoms with van der Waals surface area (Å²) in [6.45, 7) is 1.99. The van der Waals surface area contributed by atoms with Crippen molar-refractivity contribution in [2.24, 2.45) is 5.16 Å². The molecule has 0 aliphatic rings. The normalized spacial score (nSPS) is 11.5. The van der Waals surface area contributed by atoms with Crippen molar-refractivity contribution in [1.82, 2.24) is 0 Å². The molecule has 0 saturated carbocycles. The zero-order valence-electron chi connectivity index (χ0n) is 15.4. The fourth-order valence-electron chi connectivity index (χ4n) is 2.35. The zero-order valence-corrected chi connectivity index (χ0v) is 20.2. The third-order valence-corrected chi connectivity index (χ3v) is 4.56. The lowest BCUT2D eigenvalue weighted by Crippen LogP contribution is -2.14. The predicted octanol–water partition coefficient (Wildman–Crippen LogP) is 7.23. The molecule has 0 radical (unpaired) electrons. The third kappa shape index (κ3) is 9.59. The van der Waals surface area contributed by atoms with E-state index < -0.39 is 22.2 Å². The van der Waals surface area contributed by atoms with Crippen molar-refractivity contribution in [2.75, 3.05) is 0 Å². The van der Waals surface area contributed by atoms with Crippen LogP contribution in [0.25, 0.3) is 0 Å². The van der Waals surface area contributed by atoms with Crippen molar-refractivity contribution in [1.29, 1.82) is 4.78 Å². The lowest BCUT2D eigenvalue weighted by atomic mass is 9.99. The van der Waals surface area contributed by atoms with Gasteiger partial charge in [0, 0.05) is 19.5 Å². The molecule has 0 amide bonds. The first-order valence-electron chi connectivity index (χ1n) is 8.25. The number of hydrogen-bond acceptors (Lipinski definition) is 5. The highest BCUT2D eigenvalue weighted by Crippen LogP contribution is 2.34. The predicted molar refractivity (Wildman–Crippen MR) is 116 cm³/mol. The van der Waals surface area contributed by atoms with Gasteiger partial charge in [0.15, 0.2) is 0 Å². The number of rotatable bonds is 6. The van der Waals surface area contributed by atoms with Gasteiger partial charge in [-0.05, 0) is 48.4 Å². The topological polar surface area (TPSA) is 79.6 Å². The van der Waals surface area contributed by atoms with Gasteiger partial charge in [-0.25, -0.2) is 0 Å². The molecule has 0 aromatic heterocycles. The second-order valence-corrected chi connectivity index (χ2v) is 8.50. The van der Waals surface area contributed by atoms with Gasteiger partial charge in [0.1, 0.15) is 6.61 Å². The SMILES string of the molecule is CCC/C(=N\OCc1cc(Br)cc(Br)c1)c1cc(Cl)ccc1C(F)(F)F.N=S(=O)=O. The Kier molecular flexibility index (Phi) is 11.0. The quantitative estimate of drug-likeness (QED) is 0.284. The van der Waals surface area contributed by atoms with Gasteiger partial charge in [0.2, 0.25) is 0 Å². The lowest BCUT2D eigenvalue weighted by molar-refractivity contribution is -0.137. The van der Waals surface area contributed by atoms with Crippen LogP contribution in [0, 0.1) is 4.78 Å². The van der Waals surface area contributed by atoms with Crippen LogP contribution in [-0.4, -0.2) is 14.1 Å². The Balaban J connectivity index is 0.00000103. The van der Waals surface area contributed by atoms with Crippen molar-refractivity contribution < 1.29 is 26.4 Å². The minimum absolute atomic E-state index is 0.0535. The van der Waals surface area contributed by atoms with Crippen LogP contribution in [-0.2, 0) is 28.1 Å². The van der Waals surface area contributed by atoms with Gasteiger partial charge in [-0.3, -0.25) is 0 Å². The number of oxime groups is 1. The molecule has 12 heteroatoms. The van der Waals surface area contributed by atoms with E-state index in [4.69, 9.17) is 29.6 Å². The van der Waals surface area contributed by atoms with Gasteiger partial charge < -0.3 is 4.84 Å². The standard InChI is InChI=1S/C18H15Br2ClF3NO.HNO2S/c1-2-3-17(15-9-14(21)4-5-16(15)18(22,23)24)25-26-10-11-6-12(19)8-13(20)7-11;1-4(2)3/h4-9H,2-3,10H2,1H3;1H/b25-17+;. The summed E-state index contributed by atoms with van der Waals surface area (Å²) in [4.78, 5) is 5.34. The maximum atomic E-state index is 13.3. The minimum atomic E-state index is -4.50. The molecular formula is C18H16Br2ClF3N2O3S. The summed E-state index contributed by atoms with van der Waals surface area (Å²) in [5.74, 6) is 0. The van der Waals surface area contributed by atoms with Crippen LogP contribution >= 0.6 is 43.5 Å². The van der Waals surface area contributed by atoms with Crippen LogP contribution < -0.4 is 0 Å². The first-order valence-corrected chi connectivity index (χ1v) is 11.3. The highest BCUT2D eigenvalue weighted by Gasteiger charge is 2.34. The summed E-state index contributed by atoms with van der Waals surface area (Å²) in [5, 5.41) is 4.20. The number of alkyl halides is 3. The smallest absolute Gasteiger partial charge is 0.391 e. The first kappa shape index (κ1) is 26.6. The third-order valence-electron chi connectivity index (χ3n) is 3.41. The van der Waals surface area contributed by atoms with Crippen molar-refractivity contribution in [2.45, 2.75) is 32.5 Å². The van der Waals surface area contributed by atoms with Crippen molar-refractivity contribution in [3.63, 3.8) is 0 Å². The van der Waals surface area contributed by atoms with Gasteiger partial charge in [-0.15, -0.1) is 0 Å². The molecule has 1 N–H and O–H groups in total. The Labute approximate surface area is 195 Å². The van der Waals surface area contributed by atoms with Crippen LogP contribution in [0.5, 0.6) is 0 Å². The Bertz CT molecular complexity index is 990. The summed E-state index contributed by atoms with van der Waals surface area (Å²) >= 11 is 12.6. The molecule has 0 aliphatic heterocycles. The molecule has 30 heavy (non-hydrogen) atoms. The van der Waals surface area contributed by atoms with E-state index in [0.717, 1.165) is 20.6 Å². The molecule has 2 aromatic carbocycles. The van der Waals surface area contributed by atoms with E-state index in [2.05, 4.69) is 37.0 Å². The van der Waals surface area contributed by atoms with Crippen LogP contribution in [0.1, 0.15) is 36.5 Å². The highest BCUT2D eigenvalue weighted by molar-refractivity contribution is 9.11. The van der Waals surface area contributed by atoms with Gasteiger partial charge in [0.25, 0.3) is 0 Å². The largest absolute Gasteiger partial charge is 0.417 e. The first-order chi connectivity index (χ1) is 13.9. The molecule has 0 unspecified atom stereocenters. The fraction of sp³-hybridized carbons (Fsp3) is 0.278. The van der Waals surface area contributed by atoms with Crippen LogP contribution in [0.4, 0.5) is 13.2 Å². The summed E-state index contributed by atoms with van der Waals surface area (Å²) in [5.41, 5.74) is 0.217. The minimum Gasteiger partial charge on any atom is -0.391 e. The molecule has 0 aliphatic carbocycles. The summed E-state index contributed by atoms with van der Waals surface area (Å²) in [6.07, 6.45) is -3.54. The number of benzene rings is 2. The molecule has 5 nitrogen and oxygen atoms in total. The average Bonchev–Trinajstić information content (AvgIpc) is 2.58. The molecule has 0 bridgehead atoms. The van der Waals surface area contributed by atoms with Crippen molar-refractivity contribution in [3.8, 4) is 0 Å². The Morgan fingerprint density at radius 2 is 1.73 bits per heavy atom. The number of nitrogens with one attached hydrogen (secondary N) is 1. The maximum absolute atomic E-state index is 13.3. The molecule has 0 saturated heterocycles. The molecule has 0 atom stereocenters. The Morgan fingerprint density at radius 1 is 1.17 bits per heavy atom. The van der Waals surface area contributed by atoms with Crippen LogP contribution in [0.15, 0.2) is 50.5 Å². The zero-order chi connectivity index (χ0) is 22.9. The summed E-state index contributed by atoms with van der Waals surface area (Å²) < 4.78 is 64.5. The summed E-state index contributed by atoms with van der Waals surface area (Å²) in [6, 6.07) is 9.03. The fourth-order valence-corrected chi connectivity index (χ4v) is 3.91. The average molecular weight is 593 g/mol. The number of hydrogen-bond donors (Lipinski definition) is 1. The van der Waals surface area contributed by atoms with E-state index in [-0.39, 0.29) is 22.9 Å². The Hall–Kier alpha value is -1.43. The highest BCUT2D eigenvalue weighted by atomic mass is 79.9. The van der Waals surface area contributed by atoms with Crippen molar-refractivity contribution >= 4 is 59.7 Å². The molecule has 0 heterocycles. The van der Waals surface area contributed by atoms with E-state index >= 15 is 0 Å². The Morgan fingerprint density at radius 3 is 2.23 bits per heavy atom. The van der Waals surface area contributed by atoms with E-state index in [1.807, 2.05) is 25.1 Å². The van der Waals surface area contributed by atoms with E-state index in [9.17, 15) is 13.2 Å². The molecule has 0 spiro atoms. The number of nitrogens with zero attached hydrogens (tertiary/aromatic N) is 1. The van der Waals surface area contributed by atoms with E-state index in [0.29, 0.717) is 12.8 Å². The monoisotopic (exact) mass is 590 g/mol. The molecule has 2 aromatic rings. The maximum Gasteiger partial charge on any atom is 0.417 e. The van der Waals surface area contributed by atoms with Crippen molar-refractivity contribution in [3.05, 3.63) is 67.1 Å².